The summed E-state index contributed by atoms with van der Waals surface area (Å²) in [5, 5.41) is 3.86. The van der Waals surface area contributed by atoms with Crippen LogP contribution in [0.25, 0.3) is 11.0 Å². The Morgan fingerprint density at radius 2 is 1.91 bits per heavy atom. The molecule has 0 aliphatic rings. The number of rotatable bonds is 9. The molecule has 0 aliphatic carbocycles. The Morgan fingerprint density at radius 3 is 2.65 bits per heavy atom. The number of hydrogen-bond donors (Lipinski definition) is 1. The van der Waals surface area contributed by atoms with Gasteiger partial charge in [0.15, 0.2) is 11.3 Å². The molecule has 0 bridgehead atoms. The summed E-state index contributed by atoms with van der Waals surface area (Å²) in [7, 11) is -3.85. The maximum Gasteiger partial charge on any atom is 0.287 e. The van der Waals surface area contributed by atoms with Crippen molar-refractivity contribution in [3.63, 3.8) is 0 Å². The molecule has 0 fully saturated rings. The Labute approximate surface area is 202 Å². The largest absolute Gasteiger partial charge is 0.492 e. The van der Waals surface area contributed by atoms with Crippen LogP contribution in [-0.4, -0.2) is 25.9 Å². The minimum absolute atomic E-state index is 0.0246. The van der Waals surface area contributed by atoms with Gasteiger partial charge in [-0.2, -0.15) is 0 Å². The van der Waals surface area contributed by atoms with Crippen LogP contribution in [0.1, 0.15) is 35.9 Å². The summed E-state index contributed by atoms with van der Waals surface area (Å²) in [6.45, 7) is 2.65. The Hall–Kier alpha value is -3.36. The van der Waals surface area contributed by atoms with Gasteiger partial charge in [0.25, 0.3) is 5.91 Å². The van der Waals surface area contributed by atoms with Crippen LogP contribution in [0, 0.1) is 0 Å². The van der Waals surface area contributed by atoms with E-state index >= 15 is 0 Å². The number of ether oxygens (including phenoxy) is 1. The number of unbranched alkanes of at least 4 members (excludes halogenated alkanes) is 1. The molecule has 34 heavy (non-hydrogen) atoms. The number of benzene rings is 2. The molecule has 2 heterocycles. The van der Waals surface area contributed by atoms with E-state index in [0.29, 0.717) is 17.2 Å². The second kappa shape index (κ2) is 10.3. The molecule has 176 valence electrons. The van der Waals surface area contributed by atoms with E-state index in [2.05, 4.69) is 10.3 Å². The molecule has 1 amide bonds. The van der Waals surface area contributed by atoms with Crippen molar-refractivity contribution in [2.24, 2.45) is 0 Å². The fourth-order valence-corrected chi connectivity index (χ4v) is 4.98. The number of halogens is 1. The first-order valence-electron chi connectivity index (χ1n) is 10.8. The predicted molar refractivity (Wildman–Crippen MR) is 129 cm³/mol. The number of furan rings is 1. The van der Waals surface area contributed by atoms with Crippen molar-refractivity contribution in [1.29, 1.82) is 0 Å². The molecule has 0 aliphatic heterocycles. The Morgan fingerprint density at radius 1 is 1.12 bits per heavy atom. The predicted octanol–water partition coefficient (Wildman–Crippen LogP) is 5.42. The maximum absolute atomic E-state index is 13.3. The van der Waals surface area contributed by atoms with Gasteiger partial charge in [-0.3, -0.25) is 9.78 Å². The smallest absolute Gasteiger partial charge is 0.287 e. The lowest BCUT2D eigenvalue weighted by molar-refractivity contribution is 0.0925. The van der Waals surface area contributed by atoms with Gasteiger partial charge in [-0.25, -0.2) is 8.42 Å². The highest BCUT2D eigenvalue weighted by molar-refractivity contribution is 7.91. The summed E-state index contributed by atoms with van der Waals surface area (Å²) >= 11 is 6.07. The van der Waals surface area contributed by atoms with Gasteiger partial charge in [0, 0.05) is 23.2 Å². The third-order valence-corrected chi connectivity index (χ3v) is 7.21. The third-order valence-electron chi connectivity index (χ3n) is 5.18. The molecule has 2 aromatic heterocycles. The van der Waals surface area contributed by atoms with E-state index in [1.54, 1.807) is 48.8 Å². The zero-order valence-corrected chi connectivity index (χ0v) is 20.0. The molecule has 9 heteroatoms. The molecule has 0 unspecified atom stereocenters. The standard InChI is InChI=1S/C25H23ClN2O5S/c1-2-3-12-32-21-9-6-19(26)14-24(21)34(30,31)20-7-4-17(5-8-20)15-28-25(29)22-13-18-10-11-27-16-23(18)33-22/h4-11,13-14,16H,2-3,12,15H2,1H3,(H,28,29). The van der Waals surface area contributed by atoms with Gasteiger partial charge in [-0.15, -0.1) is 0 Å². The van der Waals surface area contributed by atoms with Crippen molar-refractivity contribution in [2.75, 3.05) is 6.61 Å². The molecule has 2 aromatic carbocycles. The van der Waals surface area contributed by atoms with Gasteiger partial charge in [0.1, 0.15) is 10.6 Å². The van der Waals surface area contributed by atoms with Crippen molar-refractivity contribution >= 4 is 38.3 Å². The molecule has 0 spiro atoms. The number of carbonyl (C=O) groups excluding carboxylic acids is 1. The molecule has 0 atom stereocenters. The number of fused-ring (bicyclic) bond motifs is 1. The highest BCUT2D eigenvalue weighted by Crippen LogP contribution is 2.32. The van der Waals surface area contributed by atoms with E-state index in [0.717, 1.165) is 23.8 Å². The van der Waals surface area contributed by atoms with Crippen LogP contribution in [0.15, 0.2) is 81.2 Å². The highest BCUT2D eigenvalue weighted by atomic mass is 35.5. The molecule has 0 radical (unpaired) electrons. The quantitative estimate of drug-likeness (QED) is 0.309. The van der Waals surface area contributed by atoms with Crippen molar-refractivity contribution in [3.8, 4) is 5.75 Å². The number of amides is 1. The minimum atomic E-state index is -3.85. The van der Waals surface area contributed by atoms with E-state index in [1.165, 1.54) is 18.2 Å². The van der Waals surface area contributed by atoms with Crippen LogP contribution in [0.4, 0.5) is 0 Å². The number of sulfone groups is 1. The van der Waals surface area contributed by atoms with E-state index in [1.807, 2.05) is 6.92 Å². The molecule has 1 N–H and O–H groups in total. The van der Waals surface area contributed by atoms with Gasteiger partial charge in [-0.05, 0) is 54.4 Å². The van der Waals surface area contributed by atoms with Gasteiger partial charge in [-0.1, -0.05) is 37.1 Å². The van der Waals surface area contributed by atoms with Crippen molar-refractivity contribution < 1.29 is 22.4 Å². The Bertz CT molecular complexity index is 1380. The van der Waals surface area contributed by atoms with E-state index in [4.69, 9.17) is 20.8 Å². The second-order valence-corrected chi connectivity index (χ2v) is 10.0. The molecule has 0 saturated carbocycles. The lowest BCUT2D eigenvalue weighted by atomic mass is 10.2. The first kappa shape index (κ1) is 23.8. The van der Waals surface area contributed by atoms with E-state index in [9.17, 15) is 13.2 Å². The Kier molecular flexibility index (Phi) is 7.19. The second-order valence-electron chi connectivity index (χ2n) is 7.65. The van der Waals surface area contributed by atoms with Crippen LogP contribution in [0.3, 0.4) is 0 Å². The average Bonchev–Trinajstić information content (AvgIpc) is 3.28. The first-order chi connectivity index (χ1) is 16.4. The zero-order chi connectivity index (χ0) is 24.1. The number of nitrogens with one attached hydrogen (secondary N) is 1. The normalized spacial score (nSPS) is 11.5. The summed E-state index contributed by atoms with van der Waals surface area (Å²) in [4.78, 5) is 16.5. The highest BCUT2D eigenvalue weighted by Gasteiger charge is 2.23. The number of hydrogen-bond acceptors (Lipinski definition) is 6. The molecule has 7 nitrogen and oxygen atoms in total. The maximum atomic E-state index is 13.3. The van der Waals surface area contributed by atoms with Crippen LogP contribution >= 0.6 is 11.6 Å². The summed E-state index contributed by atoms with van der Waals surface area (Å²) in [5.74, 6) is 0.0784. The van der Waals surface area contributed by atoms with Gasteiger partial charge >= 0.3 is 0 Å². The molecule has 4 aromatic rings. The van der Waals surface area contributed by atoms with Gasteiger partial charge in [0.05, 0.1) is 17.7 Å². The summed E-state index contributed by atoms with van der Waals surface area (Å²) in [5.41, 5.74) is 1.26. The fraction of sp³-hybridized carbons (Fsp3) is 0.200. The van der Waals surface area contributed by atoms with Crippen LogP contribution in [0.2, 0.25) is 5.02 Å². The molecule has 4 rings (SSSR count). The van der Waals surface area contributed by atoms with Crippen LogP contribution in [0.5, 0.6) is 5.75 Å². The van der Waals surface area contributed by atoms with Crippen molar-refractivity contribution in [1.82, 2.24) is 10.3 Å². The molecular formula is C25H23ClN2O5S. The molecular weight excluding hydrogens is 476 g/mol. The lowest BCUT2D eigenvalue weighted by Crippen LogP contribution is -2.22. The number of nitrogens with zero attached hydrogens (tertiary/aromatic N) is 1. The summed E-state index contributed by atoms with van der Waals surface area (Å²) < 4.78 is 37.7. The van der Waals surface area contributed by atoms with E-state index < -0.39 is 9.84 Å². The summed E-state index contributed by atoms with van der Waals surface area (Å²) in [6, 6.07) is 14.3. The SMILES string of the molecule is CCCCOc1ccc(Cl)cc1S(=O)(=O)c1ccc(CNC(=O)c2cc3ccncc3o2)cc1. The van der Waals surface area contributed by atoms with Crippen LogP contribution < -0.4 is 10.1 Å². The number of carbonyl (C=O) groups is 1. The monoisotopic (exact) mass is 498 g/mol. The zero-order valence-electron chi connectivity index (χ0n) is 18.5. The van der Waals surface area contributed by atoms with Gasteiger partial charge in [0.2, 0.25) is 9.84 Å². The lowest BCUT2D eigenvalue weighted by Gasteiger charge is -2.13. The van der Waals surface area contributed by atoms with Crippen LogP contribution in [-0.2, 0) is 16.4 Å². The van der Waals surface area contributed by atoms with E-state index in [-0.39, 0.29) is 33.8 Å². The number of aromatic nitrogens is 1. The van der Waals surface area contributed by atoms with Crippen molar-refractivity contribution in [3.05, 3.63) is 83.3 Å². The average molecular weight is 499 g/mol. The molecule has 0 saturated heterocycles. The Balaban J connectivity index is 1.47. The summed E-state index contributed by atoms with van der Waals surface area (Å²) in [6.07, 6.45) is 4.92. The number of pyridine rings is 1. The topological polar surface area (TPSA) is 98.5 Å². The van der Waals surface area contributed by atoms with Crippen molar-refractivity contribution in [2.45, 2.75) is 36.1 Å². The third kappa shape index (κ3) is 5.24. The first-order valence-corrected chi connectivity index (χ1v) is 12.6. The fourth-order valence-electron chi connectivity index (χ4n) is 3.32. The minimum Gasteiger partial charge on any atom is -0.492 e. The van der Waals surface area contributed by atoms with Gasteiger partial charge < -0.3 is 14.5 Å².